The first-order valence-corrected chi connectivity index (χ1v) is 12.7. The third-order valence-corrected chi connectivity index (χ3v) is 6.68. The second kappa shape index (κ2) is 11.6. The average molecular weight is 527 g/mol. The summed E-state index contributed by atoms with van der Waals surface area (Å²) in [6, 6.07) is 21.0. The van der Waals surface area contributed by atoms with E-state index in [1.807, 2.05) is 54.8 Å². The van der Waals surface area contributed by atoms with Crippen LogP contribution < -0.4 is 10.1 Å². The van der Waals surface area contributed by atoms with Gasteiger partial charge < -0.3 is 10.1 Å². The molecule has 9 heteroatoms. The van der Waals surface area contributed by atoms with Gasteiger partial charge in [-0.25, -0.2) is 0 Å². The molecule has 0 spiro atoms. The van der Waals surface area contributed by atoms with Crippen molar-refractivity contribution in [3.8, 4) is 11.4 Å². The maximum Gasteiger partial charge on any atom is 0.230 e. The number of rotatable bonds is 9. The van der Waals surface area contributed by atoms with Gasteiger partial charge in [-0.15, -0.1) is 10.2 Å². The molecule has 6 nitrogen and oxygen atoms in total. The maximum absolute atomic E-state index is 12.5. The Morgan fingerprint density at radius 1 is 1.03 bits per heavy atom. The van der Waals surface area contributed by atoms with Gasteiger partial charge in [0.2, 0.25) is 5.91 Å². The van der Waals surface area contributed by atoms with Crippen LogP contribution in [-0.2, 0) is 17.9 Å². The Balaban J connectivity index is 1.53. The number of carbonyl (C=O) groups is 1. The Hall–Kier alpha value is -3.00. The molecule has 0 fully saturated rings. The van der Waals surface area contributed by atoms with Gasteiger partial charge in [0.15, 0.2) is 11.0 Å². The van der Waals surface area contributed by atoms with Crippen molar-refractivity contribution in [1.82, 2.24) is 20.1 Å². The van der Waals surface area contributed by atoms with Crippen molar-refractivity contribution in [2.75, 3.05) is 5.75 Å². The molecular formula is C26H24Cl2N4O2S. The minimum absolute atomic E-state index is 0.0832. The van der Waals surface area contributed by atoms with Crippen molar-refractivity contribution in [1.29, 1.82) is 0 Å². The molecule has 1 aromatic heterocycles. The van der Waals surface area contributed by atoms with Crippen LogP contribution in [0.2, 0.25) is 10.0 Å². The summed E-state index contributed by atoms with van der Waals surface area (Å²) < 4.78 is 7.87. The molecule has 0 aliphatic carbocycles. The summed E-state index contributed by atoms with van der Waals surface area (Å²) in [5.41, 5.74) is 4.13. The van der Waals surface area contributed by atoms with Crippen LogP contribution in [0.1, 0.15) is 22.5 Å². The van der Waals surface area contributed by atoms with Crippen molar-refractivity contribution >= 4 is 40.9 Å². The van der Waals surface area contributed by atoms with E-state index in [-0.39, 0.29) is 18.3 Å². The lowest BCUT2D eigenvalue weighted by Crippen LogP contribution is -2.24. The van der Waals surface area contributed by atoms with Gasteiger partial charge in [0, 0.05) is 11.6 Å². The highest BCUT2D eigenvalue weighted by Crippen LogP contribution is 2.30. The van der Waals surface area contributed by atoms with E-state index in [2.05, 4.69) is 27.6 Å². The van der Waals surface area contributed by atoms with Gasteiger partial charge in [-0.1, -0.05) is 77.4 Å². The van der Waals surface area contributed by atoms with Crippen molar-refractivity contribution in [2.24, 2.45) is 0 Å². The number of ether oxygens (including phenoxy) is 1. The summed E-state index contributed by atoms with van der Waals surface area (Å²) in [6.45, 7) is 4.67. The van der Waals surface area contributed by atoms with Crippen LogP contribution in [0.4, 0.5) is 0 Å². The lowest BCUT2D eigenvalue weighted by Gasteiger charge is -2.14. The Kier molecular flexibility index (Phi) is 8.33. The smallest absolute Gasteiger partial charge is 0.230 e. The van der Waals surface area contributed by atoms with Crippen LogP contribution >= 0.6 is 35.0 Å². The predicted molar refractivity (Wildman–Crippen MR) is 141 cm³/mol. The minimum Gasteiger partial charge on any atom is -0.484 e. The van der Waals surface area contributed by atoms with E-state index in [9.17, 15) is 4.79 Å². The molecule has 0 aliphatic rings. The summed E-state index contributed by atoms with van der Waals surface area (Å²) in [7, 11) is 0. The van der Waals surface area contributed by atoms with Gasteiger partial charge in [0.25, 0.3) is 0 Å². The molecular weight excluding hydrogens is 503 g/mol. The van der Waals surface area contributed by atoms with E-state index < -0.39 is 0 Å². The number of thioether (sulfide) groups is 1. The molecule has 180 valence electrons. The van der Waals surface area contributed by atoms with E-state index in [1.54, 1.807) is 18.2 Å². The highest BCUT2D eigenvalue weighted by molar-refractivity contribution is 7.99. The fraction of sp³-hybridized carbons (Fsp3) is 0.192. The molecule has 0 saturated heterocycles. The number of nitrogens with one attached hydrogen (secondary N) is 1. The summed E-state index contributed by atoms with van der Waals surface area (Å²) in [4.78, 5) is 12.5. The zero-order valence-corrected chi connectivity index (χ0v) is 21.6. The van der Waals surface area contributed by atoms with Gasteiger partial charge in [0.05, 0.1) is 16.5 Å². The second-order valence-corrected chi connectivity index (χ2v) is 9.72. The van der Waals surface area contributed by atoms with E-state index in [1.165, 1.54) is 11.8 Å². The maximum atomic E-state index is 12.5. The molecule has 0 radical (unpaired) electrons. The number of benzene rings is 3. The molecule has 35 heavy (non-hydrogen) atoms. The molecule has 0 atom stereocenters. The molecule has 1 N–H and O–H groups in total. The molecule has 4 aromatic rings. The molecule has 3 aromatic carbocycles. The monoisotopic (exact) mass is 526 g/mol. The van der Waals surface area contributed by atoms with Crippen molar-refractivity contribution < 1.29 is 9.53 Å². The summed E-state index contributed by atoms with van der Waals surface area (Å²) in [5, 5.41) is 13.2. The molecule has 1 heterocycles. The number of aromatic nitrogens is 3. The van der Waals surface area contributed by atoms with E-state index in [0.717, 1.165) is 22.4 Å². The first-order chi connectivity index (χ1) is 16.9. The summed E-state index contributed by atoms with van der Waals surface area (Å²) in [5.74, 6) is 1.22. The number of hydrogen-bond donors (Lipinski definition) is 1. The van der Waals surface area contributed by atoms with Crippen LogP contribution in [0.25, 0.3) is 5.69 Å². The summed E-state index contributed by atoms with van der Waals surface area (Å²) in [6.07, 6.45) is 0. The first kappa shape index (κ1) is 25.1. The zero-order valence-electron chi connectivity index (χ0n) is 19.3. The largest absolute Gasteiger partial charge is 0.484 e. The normalized spacial score (nSPS) is 10.9. The number of hydrogen-bond acceptors (Lipinski definition) is 5. The lowest BCUT2D eigenvalue weighted by atomic mass is 10.1. The van der Waals surface area contributed by atoms with Crippen LogP contribution in [0.15, 0.2) is 71.9 Å². The van der Waals surface area contributed by atoms with E-state index >= 15 is 0 Å². The third kappa shape index (κ3) is 6.57. The molecule has 4 rings (SSSR count). The summed E-state index contributed by atoms with van der Waals surface area (Å²) >= 11 is 13.6. The van der Waals surface area contributed by atoms with Gasteiger partial charge in [-0.3, -0.25) is 9.36 Å². The van der Waals surface area contributed by atoms with Crippen molar-refractivity contribution in [2.45, 2.75) is 32.2 Å². The lowest BCUT2D eigenvalue weighted by molar-refractivity contribution is -0.118. The Morgan fingerprint density at radius 2 is 1.83 bits per heavy atom. The van der Waals surface area contributed by atoms with E-state index in [0.29, 0.717) is 33.3 Å². The van der Waals surface area contributed by atoms with Gasteiger partial charge in [-0.05, 0) is 54.8 Å². The minimum atomic E-state index is -0.0832. The first-order valence-electron chi connectivity index (χ1n) is 10.9. The molecule has 0 bridgehead atoms. The van der Waals surface area contributed by atoms with Crippen molar-refractivity contribution in [3.63, 3.8) is 0 Å². The average Bonchev–Trinajstić information content (AvgIpc) is 3.25. The highest BCUT2D eigenvalue weighted by Gasteiger charge is 2.18. The molecule has 0 aliphatic heterocycles. The zero-order chi connectivity index (χ0) is 24.8. The second-order valence-electron chi connectivity index (χ2n) is 7.94. The SMILES string of the molecule is Cc1ccc(C)c(-n2c(COc3ccc(Cl)cc3Cl)nnc2SCC(=O)NCc2ccccc2)c1. The van der Waals surface area contributed by atoms with Crippen molar-refractivity contribution in [3.05, 3.63) is 99.3 Å². The van der Waals surface area contributed by atoms with Gasteiger partial charge in [-0.2, -0.15) is 0 Å². The third-order valence-electron chi connectivity index (χ3n) is 5.22. The van der Waals surface area contributed by atoms with Crippen LogP contribution in [0.3, 0.4) is 0 Å². The number of aryl methyl sites for hydroxylation is 2. The molecule has 0 saturated carbocycles. The van der Waals surface area contributed by atoms with Crippen LogP contribution in [-0.4, -0.2) is 26.4 Å². The number of nitrogens with zero attached hydrogens (tertiary/aromatic N) is 3. The fourth-order valence-electron chi connectivity index (χ4n) is 3.40. The fourth-order valence-corrected chi connectivity index (χ4v) is 4.66. The predicted octanol–water partition coefficient (Wildman–Crippen LogP) is 6.18. The van der Waals surface area contributed by atoms with Crippen LogP contribution in [0.5, 0.6) is 5.75 Å². The molecule has 0 unspecified atom stereocenters. The van der Waals surface area contributed by atoms with Crippen LogP contribution in [0, 0.1) is 13.8 Å². The van der Waals surface area contributed by atoms with E-state index in [4.69, 9.17) is 27.9 Å². The number of amides is 1. The number of carbonyl (C=O) groups excluding carboxylic acids is 1. The molecule has 1 amide bonds. The standard InChI is InChI=1S/C26H24Cl2N4O2S/c1-17-8-9-18(2)22(12-17)32-24(15-34-23-11-10-20(27)13-21(23)28)30-31-26(32)35-16-25(33)29-14-19-6-4-3-5-7-19/h3-13H,14-16H2,1-2H3,(H,29,33). The van der Waals surface area contributed by atoms with Gasteiger partial charge in [0.1, 0.15) is 12.4 Å². The van der Waals surface area contributed by atoms with Gasteiger partial charge >= 0.3 is 0 Å². The quantitative estimate of drug-likeness (QED) is 0.264. The Morgan fingerprint density at radius 3 is 2.60 bits per heavy atom. The Labute approximate surface area is 218 Å². The Bertz CT molecular complexity index is 1330. The topological polar surface area (TPSA) is 69.0 Å². The highest BCUT2D eigenvalue weighted by atomic mass is 35.5. The number of halogens is 2.